The summed E-state index contributed by atoms with van der Waals surface area (Å²) >= 11 is 0. The van der Waals surface area contributed by atoms with Crippen molar-refractivity contribution in [3.63, 3.8) is 0 Å². The van der Waals surface area contributed by atoms with Gasteiger partial charge in [-0.15, -0.1) is 0 Å². The molecular weight excluding hydrogens is 245 g/mol. The zero-order valence-corrected chi connectivity index (χ0v) is 12.6. The summed E-state index contributed by atoms with van der Waals surface area (Å²) in [6.07, 6.45) is 0. The highest BCUT2D eigenvalue weighted by Crippen LogP contribution is 2.46. The maximum atomic E-state index is 5.89. The van der Waals surface area contributed by atoms with E-state index in [1.54, 1.807) is 0 Å². The molecule has 0 saturated carbocycles. The first-order valence-electron chi connectivity index (χ1n) is 6.19. The van der Waals surface area contributed by atoms with Crippen molar-refractivity contribution in [1.29, 1.82) is 0 Å². The van der Waals surface area contributed by atoms with Crippen LogP contribution >= 0.6 is 8.60 Å². The van der Waals surface area contributed by atoms with Crippen molar-refractivity contribution in [3.05, 3.63) is 17.7 Å². The van der Waals surface area contributed by atoms with Gasteiger partial charge in [-0.2, -0.15) is 0 Å². The van der Waals surface area contributed by atoms with Gasteiger partial charge in [-0.05, 0) is 17.8 Å². The molecule has 0 spiro atoms. The first-order chi connectivity index (χ1) is 8.37. The number of hydrogen-bond donors (Lipinski definition) is 0. The monoisotopic (exact) mass is 264 g/mol. The molecule has 6 heteroatoms. The van der Waals surface area contributed by atoms with E-state index in [4.69, 9.17) is 13.6 Å². The molecule has 1 aromatic rings. The normalized spacial score (nSPS) is 19.7. The largest absolute Gasteiger partial charge is 0.428 e. The van der Waals surface area contributed by atoms with E-state index >= 15 is 0 Å². The number of benzene rings is 1. The molecule has 0 radical (unpaired) electrons. The summed E-state index contributed by atoms with van der Waals surface area (Å²) in [5.41, 5.74) is 3.59. The molecule has 3 nitrogen and oxygen atoms in total. The second-order valence-corrected chi connectivity index (χ2v) is 6.90. The van der Waals surface area contributed by atoms with E-state index in [2.05, 4.69) is 48.6 Å². The first kappa shape index (κ1) is 13.9. The van der Waals surface area contributed by atoms with Crippen LogP contribution in [0, 0.1) is 12.3 Å². The third kappa shape index (κ3) is 3.28. The molecule has 1 aliphatic rings. The van der Waals surface area contributed by atoms with Crippen molar-refractivity contribution in [2.75, 3.05) is 13.2 Å². The van der Waals surface area contributed by atoms with Crippen LogP contribution in [0.2, 0.25) is 0 Å². The minimum Gasteiger partial charge on any atom is -0.428 e. The van der Waals surface area contributed by atoms with E-state index in [1.165, 1.54) is 5.56 Å². The summed E-state index contributed by atoms with van der Waals surface area (Å²) in [5.74, 6) is 0.895. The quantitative estimate of drug-likeness (QED) is 0.563. The molecule has 0 aromatic heterocycles. The predicted molar refractivity (Wildman–Crippen MR) is 80.8 cm³/mol. The van der Waals surface area contributed by atoms with Crippen LogP contribution in [0.5, 0.6) is 5.75 Å². The van der Waals surface area contributed by atoms with Gasteiger partial charge >= 0.3 is 8.60 Å². The lowest BCUT2D eigenvalue weighted by molar-refractivity contribution is 0.0428. The third-order valence-corrected chi connectivity index (χ3v) is 3.90. The van der Waals surface area contributed by atoms with E-state index in [9.17, 15) is 0 Å². The minimum atomic E-state index is -1.25. The molecular formula is C12H19B2O3P. The van der Waals surface area contributed by atoms with Crippen LogP contribution < -0.4 is 15.4 Å². The summed E-state index contributed by atoms with van der Waals surface area (Å²) in [4.78, 5) is 0. The second kappa shape index (κ2) is 5.24. The first-order valence-corrected chi connectivity index (χ1v) is 7.29. The lowest BCUT2D eigenvalue weighted by atomic mass is 9.84. The Morgan fingerprint density at radius 1 is 1.17 bits per heavy atom. The Bertz CT molecular complexity index is 418. The lowest BCUT2D eigenvalue weighted by Gasteiger charge is -2.33. The van der Waals surface area contributed by atoms with Crippen molar-refractivity contribution in [2.45, 2.75) is 20.8 Å². The van der Waals surface area contributed by atoms with Crippen LogP contribution in [0.25, 0.3) is 0 Å². The third-order valence-electron chi connectivity index (χ3n) is 2.89. The summed E-state index contributed by atoms with van der Waals surface area (Å²) in [7, 11) is 2.86. The molecule has 1 saturated heterocycles. The highest BCUT2D eigenvalue weighted by molar-refractivity contribution is 7.42. The van der Waals surface area contributed by atoms with E-state index < -0.39 is 8.60 Å². The highest BCUT2D eigenvalue weighted by atomic mass is 31.2. The van der Waals surface area contributed by atoms with E-state index in [-0.39, 0.29) is 5.41 Å². The van der Waals surface area contributed by atoms with Gasteiger partial charge < -0.3 is 13.6 Å². The SMILES string of the molecule is Bc1cc(C)cc(B)c1OP1OCC(C)(C)CO1. The Kier molecular flexibility index (Phi) is 4.05. The molecule has 96 valence electrons. The van der Waals surface area contributed by atoms with Crippen molar-refractivity contribution >= 4 is 35.2 Å². The van der Waals surface area contributed by atoms with Crippen LogP contribution in [-0.4, -0.2) is 28.9 Å². The molecule has 0 aliphatic carbocycles. The van der Waals surface area contributed by atoms with Crippen molar-refractivity contribution in [2.24, 2.45) is 5.41 Å². The Hall–Kier alpha value is -0.500. The summed E-state index contributed by atoms with van der Waals surface area (Å²) in [6, 6.07) is 4.23. The number of aryl methyl sites for hydroxylation is 1. The van der Waals surface area contributed by atoms with Crippen LogP contribution in [-0.2, 0) is 9.05 Å². The fraction of sp³-hybridized carbons (Fsp3) is 0.500. The molecule has 1 heterocycles. The zero-order chi connectivity index (χ0) is 13.3. The van der Waals surface area contributed by atoms with Gasteiger partial charge in [0.25, 0.3) is 0 Å². The van der Waals surface area contributed by atoms with Gasteiger partial charge in [0.05, 0.1) is 13.2 Å². The van der Waals surface area contributed by atoms with Gasteiger partial charge in [0, 0.05) is 5.41 Å². The zero-order valence-electron chi connectivity index (χ0n) is 11.7. The van der Waals surface area contributed by atoms with Crippen LogP contribution in [0.3, 0.4) is 0 Å². The fourth-order valence-electron chi connectivity index (χ4n) is 1.97. The van der Waals surface area contributed by atoms with Crippen LogP contribution in [0.4, 0.5) is 0 Å². The number of rotatable bonds is 2. The minimum absolute atomic E-state index is 0.0829. The Morgan fingerprint density at radius 2 is 1.67 bits per heavy atom. The van der Waals surface area contributed by atoms with Crippen LogP contribution in [0.1, 0.15) is 19.4 Å². The van der Waals surface area contributed by atoms with Crippen LogP contribution in [0.15, 0.2) is 12.1 Å². The molecule has 18 heavy (non-hydrogen) atoms. The molecule has 0 amide bonds. The molecule has 1 fully saturated rings. The Labute approximate surface area is 112 Å². The smallest absolute Gasteiger partial charge is 0.397 e. The van der Waals surface area contributed by atoms with Crippen molar-refractivity contribution < 1.29 is 13.6 Å². The molecule has 0 bridgehead atoms. The fourth-order valence-corrected chi connectivity index (χ4v) is 3.50. The average molecular weight is 264 g/mol. The predicted octanol–water partition coefficient (Wildman–Crippen LogP) is 0.191. The maximum absolute atomic E-state index is 5.89. The second-order valence-electron chi connectivity index (χ2n) is 5.75. The van der Waals surface area contributed by atoms with Gasteiger partial charge in [-0.25, -0.2) is 0 Å². The summed E-state index contributed by atoms with van der Waals surface area (Å²) < 4.78 is 17.2. The van der Waals surface area contributed by atoms with E-state index in [0.29, 0.717) is 13.2 Å². The highest BCUT2D eigenvalue weighted by Gasteiger charge is 2.31. The lowest BCUT2D eigenvalue weighted by Crippen LogP contribution is -2.30. The topological polar surface area (TPSA) is 27.7 Å². The Morgan fingerprint density at radius 3 is 2.17 bits per heavy atom. The molecule has 0 N–H and O–H groups in total. The average Bonchev–Trinajstić information content (AvgIpc) is 2.25. The van der Waals surface area contributed by atoms with Crippen molar-refractivity contribution in [1.82, 2.24) is 0 Å². The summed E-state index contributed by atoms with van der Waals surface area (Å²) in [6.45, 7) is 7.71. The molecule has 1 aromatic carbocycles. The molecule has 0 atom stereocenters. The summed E-state index contributed by atoms with van der Waals surface area (Å²) in [5, 5.41) is 0. The number of hydrogen-bond acceptors (Lipinski definition) is 3. The van der Waals surface area contributed by atoms with Gasteiger partial charge in [0.2, 0.25) is 0 Å². The standard InChI is InChI=1S/C12H19B2O3P/c1-8-4-9(13)11(10(14)5-8)17-18-15-6-12(2,3)7-16-18/h4-5H,6-7,13-14H2,1-3H3. The molecule has 0 unspecified atom stereocenters. The van der Waals surface area contributed by atoms with E-state index in [0.717, 1.165) is 16.7 Å². The van der Waals surface area contributed by atoms with Crippen molar-refractivity contribution in [3.8, 4) is 5.75 Å². The van der Waals surface area contributed by atoms with Gasteiger partial charge in [-0.3, -0.25) is 0 Å². The maximum Gasteiger partial charge on any atom is 0.397 e. The molecule has 1 aliphatic heterocycles. The molecule has 2 rings (SSSR count). The Balaban J connectivity index is 2.07. The van der Waals surface area contributed by atoms with E-state index in [1.807, 2.05) is 0 Å². The van der Waals surface area contributed by atoms with Gasteiger partial charge in [0.1, 0.15) is 21.4 Å². The van der Waals surface area contributed by atoms with Gasteiger partial charge in [0.15, 0.2) is 0 Å². The van der Waals surface area contributed by atoms with Gasteiger partial charge in [-0.1, -0.05) is 31.5 Å².